The van der Waals surface area contributed by atoms with Crippen molar-refractivity contribution in [3.05, 3.63) is 23.8 Å². The Morgan fingerprint density at radius 3 is 3.00 bits per heavy atom. The molecule has 2 rings (SSSR count). The highest BCUT2D eigenvalue weighted by Gasteiger charge is 2.20. The van der Waals surface area contributed by atoms with Gasteiger partial charge in [-0.05, 0) is 43.5 Å². The zero-order valence-electron chi connectivity index (χ0n) is 12.5. The molecule has 112 valence electrons. The lowest BCUT2D eigenvalue weighted by Crippen LogP contribution is -2.39. The molecule has 1 N–H and O–H groups in total. The zero-order chi connectivity index (χ0) is 14.4. The number of piperidine rings is 1. The number of nitrogens with zero attached hydrogens (tertiary/aromatic N) is 1. The molecule has 0 aliphatic carbocycles. The molecule has 0 amide bonds. The van der Waals surface area contributed by atoms with Gasteiger partial charge in [0.25, 0.3) is 0 Å². The quantitative estimate of drug-likeness (QED) is 0.869. The molecule has 1 unspecified atom stereocenters. The van der Waals surface area contributed by atoms with Crippen molar-refractivity contribution in [2.24, 2.45) is 0 Å². The summed E-state index contributed by atoms with van der Waals surface area (Å²) in [6.45, 7) is 5.97. The van der Waals surface area contributed by atoms with Crippen LogP contribution in [0.3, 0.4) is 0 Å². The first kappa shape index (κ1) is 15.1. The van der Waals surface area contributed by atoms with Crippen molar-refractivity contribution in [3.63, 3.8) is 0 Å². The maximum atomic E-state index is 9.62. The molecule has 1 saturated heterocycles. The Morgan fingerprint density at radius 1 is 1.40 bits per heavy atom. The van der Waals surface area contributed by atoms with Gasteiger partial charge in [0.1, 0.15) is 0 Å². The van der Waals surface area contributed by atoms with Crippen LogP contribution in [0.1, 0.15) is 31.7 Å². The van der Waals surface area contributed by atoms with E-state index in [0.29, 0.717) is 11.9 Å². The van der Waals surface area contributed by atoms with Crippen LogP contribution in [-0.4, -0.2) is 42.9 Å². The number of ether oxygens (including phenoxy) is 2. The SMILES string of the molecule is CCCOC1CCCN(Cc2ccc(O)c(OC)c2)C1. The molecule has 0 aromatic heterocycles. The number of phenolic OH excluding ortho intramolecular Hbond substituents is 1. The third-order valence-corrected chi connectivity index (χ3v) is 3.67. The summed E-state index contributed by atoms with van der Waals surface area (Å²) in [4.78, 5) is 2.41. The molecule has 1 fully saturated rings. The molecule has 1 aliphatic heterocycles. The Balaban J connectivity index is 1.92. The first-order valence-corrected chi connectivity index (χ1v) is 7.42. The third-order valence-electron chi connectivity index (χ3n) is 3.67. The van der Waals surface area contributed by atoms with Gasteiger partial charge in [0.15, 0.2) is 11.5 Å². The van der Waals surface area contributed by atoms with Crippen LogP contribution in [0.5, 0.6) is 11.5 Å². The molecule has 1 aliphatic rings. The Morgan fingerprint density at radius 2 is 2.25 bits per heavy atom. The van der Waals surface area contributed by atoms with Crippen molar-refractivity contribution in [3.8, 4) is 11.5 Å². The van der Waals surface area contributed by atoms with E-state index in [9.17, 15) is 5.11 Å². The van der Waals surface area contributed by atoms with Gasteiger partial charge >= 0.3 is 0 Å². The molecule has 1 aromatic carbocycles. The van der Waals surface area contributed by atoms with Crippen molar-refractivity contribution < 1.29 is 14.6 Å². The van der Waals surface area contributed by atoms with Crippen molar-refractivity contribution in [1.29, 1.82) is 0 Å². The normalized spacial score (nSPS) is 20.0. The maximum absolute atomic E-state index is 9.62. The number of phenols is 1. The van der Waals surface area contributed by atoms with Crippen LogP contribution in [0.2, 0.25) is 0 Å². The monoisotopic (exact) mass is 279 g/mol. The summed E-state index contributed by atoms with van der Waals surface area (Å²) in [7, 11) is 1.58. The number of benzene rings is 1. The second kappa shape index (κ2) is 7.50. The van der Waals surface area contributed by atoms with Gasteiger partial charge < -0.3 is 14.6 Å². The number of methoxy groups -OCH3 is 1. The number of hydrogen-bond donors (Lipinski definition) is 1. The summed E-state index contributed by atoms with van der Waals surface area (Å²) in [5.74, 6) is 0.734. The van der Waals surface area contributed by atoms with E-state index >= 15 is 0 Å². The zero-order valence-corrected chi connectivity index (χ0v) is 12.5. The van der Waals surface area contributed by atoms with E-state index in [4.69, 9.17) is 9.47 Å². The molecule has 20 heavy (non-hydrogen) atoms. The van der Waals surface area contributed by atoms with Crippen LogP contribution in [0.4, 0.5) is 0 Å². The van der Waals surface area contributed by atoms with E-state index in [-0.39, 0.29) is 5.75 Å². The minimum Gasteiger partial charge on any atom is -0.504 e. The average Bonchev–Trinajstić information content (AvgIpc) is 2.47. The van der Waals surface area contributed by atoms with E-state index in [1.165, 1.54) is 6.42 Å². The number of rotatable bonds is 6. The fraction of sp³-hybridized carbons (Fsp3) is 0.625. The lowest BCUT2D eigenvalue weighted by molar-refractivity contribution is -0.00224. The van der Waals surface area contributed by atoms with Crippen molar-refractivity contribution in [2.45, 2.75) is 38.8 Å². The molecule has 1 heterocycles. The molecule has 0 radical (unpaired) electrons. The third kappa shape index (κ3) is 4.12. The smallest absolute Gasteiger partial charge is 0.160 e. The molecular formula is C16H25NO3. The van der Waals surface area contributed by atoms with Crippen molar-refractivity contribution in [2.75, 3.05) is 26.8 Å². The van der Waals surface area contributed by atoms with Crippen LogP contribution in [0, 0.1) is 0 Å². The van der Waals surface area contributed by atoms with Gasteiger partial charge in [-0.1, -0.05) is 13.0 Å². The van der Waals surface area contributed by atoms with E-state index < -0.39 is 0 Å². The highest BCUT2D eigenvalue weighted by Crippen LogP contribution is 2.27. The maximum Gasteiger partial charge on any atom is 0.160 e. The Hall–Kier alpha value is -1.26. The molecular weight excluding hydrogens is 254 g/mol. The van der Waals surface area contributed by atoms with Crippen LogP contribution < -0.4 is 4.74 Å². The summed E-state index contributed by atoms with van der Waals surface area (Å²) < 4.78 is 11.0. The minimum atomic E-state index is 0.194. The predicted molar refractivity (Wildman–Crippen MR) is 79.2 cm³/mol. The predicted octanol–water partition coefficient (Wildman–Crippen LogP) is 2.79. The Kier molecular flexibility index (Phi) is 5.68. The topological polar surface area (TPSA) is 41.9 Å². The Bertz CT molecular complexity index is 422. The lowest BCUT2D eigenvalue weighted by atomic mass is 10.1. The van der Waals surface area contributed by atoms with E-state index in [1.54, 1.807) is 13.2 Å². The average molecular weight is 279 g/mol. The van der Waals surface area contributed by atoms with E-state index in [0.717, 1.165) is 44.6 Å². The number of likely N-dealkylation sites (tertiary alicyclic amines) is 1. The minimum absolute atomic E-state index is 0.194. The second-order valence-corrected chi connectivity index (χ2v) is 5.38. The molecule has 0 spiro atoms. The van der Waals surface area contributed by atoms with Crippen molar-refractivity contribution in [1.82, 2.24) is 4.90 Å². The molecule has 0 saturated carbocycles. The van der Waals surface area contributed by atoms with Gasteiger partial charge in [0.05, 0.1) is 13.2 Å². The van der Waals surface area contributed by atoms with Crippen LogP contribution in [0.25, 0.3) is 0 Å². The van der Waals surface area contributed by atoms with E-state index in [1.807, 2.05) is 12.1 Å². The van der Waals surface area contributed by atoms with Crippen LogP contribution in [0.15, 0.2) is 18.2 Å². The summed E-state index contributed by atoms with van der Waals surface area (Å²) in [5.41, 5.74) is 1.16. The molecule has 4 heteroatoms. The summed E-state index contributed by atoms with van der Waals surface area (Å²) in [6.07, 6.45) is 3.78. The van der Waals surface area contributed by atoms with Gasteiger partial charge in [0.2, 0.25) is 0 Å². The number of aromatic hydroxyl groups is 1. The molecule has 4 nitrogen and oxygen atoms in total. The highest BCUT2D eigenvalue weighted by atomic mass is 16.5. The molecule has 1 aromatic rings. The summed E-state index contributed by atoms with van der Waals surface area (Å²) >= 11 is 0. The van der Waals surface area contributed by atoms with Crippen molar-refractivity contribution >= 4 is 0 Å². The Labute approximate surface area is 121 Å². The lowest BCUT2D eigenvalue weighted by Gasteiger charge is -2.32. The van der Waals surface area contributed by atoms with Gasteiger partial charge in [-0.2, -0.15) is 0 Å². The van der Waals surface area contributed by atoms with Gasteiger partial charge in [-0.15, -0.1) is 0 Å². The highest BCUT2D eigenvalue weighted by molar-refractivity contribution is 5.41. The first-order valence-electron chi connectivity index (χ1n) is 7.42. The standard InChI is InChI=1S/C16H25NO3/c1-3-9-20-14-5-4-8-17(12-14)11-13-6-7-15(18)16(10-13)19-2/h6-7,10,14,18H,3-5,8-9,11-12H2,1-2H3. The van der Waals surface area contributed by atoms with Gasteiger partial charge in [-0.25, -0.2) is 0 Å². The van der Waals surface area contributed by atoms with Crippen LogP contribution >= 0.6 is 0 Å². The van der Waals surface area contributed by atoms with Gasteiger partial charge in [-0.3, -0.25) is 4.90 Å². The van der Waals surface area contributed by atoms with Crippen LogP contribution in [-0.2, 0) is 11.3 Å². The summed E-state index contributed by atoms with van der Waals surface area (Å²) in [6, 6.07) is 5.56. The second-order valence-electron chi connectivity index (χ2n) is 5.38. The largest absolute Gasteiger partial charge is 0.504 e. The molecule has 0 bridgehead atoms. The molecule has 1 atom stereocenters. The summed E-state index contributed by atoms with van der Waals surface area (Å²) in [5, 5.41) is 9.62. The first-order chi connectivity index (χ1) is 9.72. The van der Waals surface area contributed by atoms with E-state index in [2.05, 4.69) is 11.8 Å². The van der Waals surface area contributed by atoms with Gasteiger partial charge in [0, 0.05) is 19.7 Å². The fourth-order valence-corrected chi connectivity index (χ4v) is 2.66. The fourth-order valence-electron chi connectivity index (χ4n) is 2.66. The number of hydrogen-bond acceptors (Lipinski definition) is 4.